The number of hydrogen-bond acceptors (Lipinski definition) is 7. The molecule has 0 saturated heterocycles. The van der Waals surface area contributed by atoms with E-state index in [2.05, 4.69) is 4.99 Å². The molecular weight excluding hydrogens is 326 g/mol. The highest BCUT2D eigenvalue weighted by Gasteiger charge is 2.28. The largest absolute Gasteiger partial charge is 0.507 e. The van der Waals surface area contributed by atoms with Gasteiger partial charge in [0.15, 0.2) is 0 Å². The molecule has 0 fully saturated rings. The highest BCUT2D eigenvalue weighted by Crippen LogP contribution is 2.28. The van der Waals surface area contributed by atoms with Crippen molar-refractivity contribution in [2.24, 2.45) is 4.99 Å². The summed E-state index contributed by atoms with van der Waals surface area (Å²) in [5.41, 5.74) is 0.309. The maximum atomic E-state index is 10.2. The lowest BCUT2D eigenvalue weighted by molar-refractivity contribution is 0.0179. The van der Waals surface area contributed by atoms with E-state index in [0.29, 0.717) is 63.5 Å². The van der Waals surface area contributed by atoms with Gasteiger partial charge in [-0.2, -0.15) is 0 Å². The van der Waals surface area contributed by atoms with E-state index in [1.165, 1.54) is 0 Å². The molecule has 0 radical (unpaired) electrons. The quantitative estimate of drug-likeness (QED) is 0.613. The molecule has 1 heterocycles. The van der Waals surface area contributed by atoms with Crippen molar-refractivity contribution < 1.29 is 28.8 Å². The van der Waals surface area contributed by atoms with Gasteiger partial charge in [-0.05, 0) is 26.0 Å². The molecule has 7 nitrogen and oxygen atoms in total. The summed E-state index contributed by atoms with van der Waals surface area (Å²) < 4.78 is 26.7. The summed E-state index contributed by atoms with van der Waals surface area (Å²) in [5.74, 6) is 1.12. The second-order valence-electron chi connectivity index (χ2n) is 6.26. The third-order valence-corrected chi connectivity index (χ3v) is 3.47. The summed E-state index contributed by atoms with van der Waals surface area (Å²) in [4.78, 5) is 4.46. The number of aromatic hydroxyl groups is 1. The maximum absolute atomic E-state index is 10.2. The van der Waals surface area contributed by atoms with Crippen molar-refractivity contribution in [1.29, 1.82) is 0 Å². The van der Waals surface area contributed by atoms with E-state index >= 15 is 0 Å². The molecule has 1 aromatic rings. The van der Waals surface area contributed by atoms with Crippen LogP contribution in [0.3, 0.4) is 0 Å². The van der Waals surface area contributed by atoms with Gasteiger partial charge < -0.3 is 28.8 Å². The van der Waals surface area contributed by atoms with Gasteiger partial charge in [-0.3, -0.25) is 0 Å². The van der Waals surface area contributed by atoms with Gasteiger partial charge in [-0.1, -0.05) is 0 Å². The number of phenols is 1. The van der Waals surface area contributed by atoms with E-state index in [1.807, 2.05) is 13.8 Å². The Labute approximate surface area is 148 Å². The zero-order chi connectivity index (χ0) is 18.1. The normalized spacial score (nSPS) is 15.7. The maximum Gasteiger partial charge on any atom is 0.220 e. The van der Waals surface area contributed by atoms with Crippen LogP contribution < -0.4 is 4.74 Å². The molecule has 0 spiro atoms. The molecule has 0 unspecified atom stereocenters. The standard InChI is InChI=1S/C18H27NO6/c1-18(2)13-25-17(19-18)15-5-4-14(12-16(15)20)24-11-10-23-9-8-22-7-6-21-3/h4-5,12,20H,6-11,13H2,1-3H3. The zero-order valence-electron chi connectivity index (χ0n) is 15.1. The Bertz CT molecular complexity index is 573. The van der Waals surface area contributed by atoms with Crippen LogP contribution in [0.25, 0.3) is 0 Å². The fourth-order valence-electron chi connectivity index (χ4n) is 2.19. The molecule has 0 amide bonds. The third kappa shape index (κ3) is 6.53. The molecule has 0 bridgehead atoms. The highest BCUT2D eigenvalue weighted by atomic mass is 16.6. The monoisotopic (exact) mass is 353 g/mol. The average Bonchev–Trinajstić information content (AvgIpc) is 2.93. The number of hydrogen-bond donors (Lipinski definition) is 1. The number of rotatable bonds is 11. The Morgan fingerprint density at radius 3 is 2.36 bits per heavy atom. The van der Waals surface area contributed by atoms with Gasteiger partial charge in [0.1, 0.15) is 24.7 Å². The second-order valence-corrected chi connectivity index (χ2v) is 6.26. The van der Waals surface area contributed by atoms with E-state index in [1.54, 1.807) is 25.3 Å². The molecule has 1 N–H and O–H groups in total. The number of benzene rings is 1. The zero-order valence-corrected chi connectivity index (χ0v) is 15.1. The van der Waals surface area contributed by atoms with Gasteiger partial charge in [0.05, 0.1) is 44.1 Å². The summed E-state index contributed by atoms with van der Waals surface area (Å²) >= 11 is 0. The van der Waals surface area contributed by atoms with Crippen molar-refractivity contribution in [1.82, 2.24) is 0 Å². The lowest BCUT2D eigenvalue weighted by Crippen LogP contribution is -2.17. The first-order valence-corrected chi connectivity index (χ1v) is 8.35. The van der Waals surface area contributed by atoms with Crippen LogP contribution in [-0.2, 0) is 18.9 Å². The van der Waals surface area contributed by atoms with Crippen molar-refractivity contribution in [2.45, 2.75) is 19.4 Å². The summed E-state index contributed by atoms with van der Waals surface area (Å²) in [6.45, 7) is 7.48. The van der Waals surface area contributed by atoms with Gasteiger partial charge in [-0.15, -0.1) is 0 Å². The summed E-state index contributed by atoms with van der Waals surface area (Å²) in [6.07, 6.45) is 0. The van der Waals surface area contributed by atoms with Crippen LogP contribution in [0.2, 0.25) is 0 Å². The molecule has 0 aliphatic carbocycles. The van der Waals surface area contributed by atoms with Crippen LogP contribution in [0.5, 0.6) is 11.5 Å². The van der Waals surface area contributed by atoms with Crippen LogP contribution in [0, 0.1) is 0 Å². The molecule has 0 aromatic heterocycles. The Hall–Kier alpha value is -1.83. The van der Waals surface area contributed by atoms with Crippen molar-refractivity contribution in [2.75, 3.05) is 53.4 Å². The van der Waals surface area contributed by atoms with Gasteiger partial charge >= 0.3 is 0 Å². The SMILES string of the molecule is COCCOCCOCCOc1ccc(C2=NC(C)(C)CO2)c(O)c1. The predicted molar refractivity (Wildman–Crippen MR) is 93.7 cm³/mol. The third-order valence-electron chi connectivity index (χ3n) is 3.47. The first kappa shape index (κ1) is 19.5. The van der Waals surface area contributed by atoms with Crippen LogP contribution in [-0.4, -0.2) is 69.9 Å². The lowest BCUT2D eigenvalue weighted by Gasteiger charge is -2.10. The van der Waals surface area contributed by atoms with Crippen LogP contribution in [0.1, 0.15) is 19.4 Å². The Balaban J connectivity index is 1.69. The van der Waals surface area contributed by atoms with Gasteiger partial charge in [0.2, 0.25) is 5.90 Å². The molecule has 1 aliphatic rings. The first-order valence-electron chi connectivity index (χ1n) is 8.35. The van der Waals surface area contributed by atoms with Crippen LogP contribution in [0.15, 0.2) is 23.2 Å². The molecule has 140 valence electrons. The Morgan fingerprint density at radius 2 is 1.76 bits per heavy atom. The van der Waals surface area contributed by atoms with E-state index < -0.39 is 0 Å². The number of methoxy groups -OCH3 is 1. The number of nitrogens with zero attached hydrogens (tertiary/aromatic N) is 1. The van der Waals surface area contributed by atoms with Gasteiger partial charge in [-0.25, -0.2) is 4.99 Å². The minimum absolute atomic E-state index is 0.0846. The number of phenolic OH excluding ortho intramolecular Hbond substituents is 1. The molecule has 0 atom stereocenters. The summed E-state index contributed by atoms with van der Waals surface area (Å²) in [5, 5.41) is 10.2. The smallest absolute Gasteiger partial charge is 0.220 e. The molecule has 2 rings (SSSR count). The minimum Gasteiger partial charge on any atom is -0.507 e. The molecule has 1 aliphatic heterocycles. The summed E-state index contributed by atoms with van der Waals surface area (Å²) in [6, 6.07) is 5.08. The molecule has 0 saturated carbocycles. The van der Waals surface area contributed by atoms with Crippen molar-refractivity contribution in [3.63, 3.8) is 0 Å². The molecule has 25 heavy (non-hydrogen) atoms. The van der Waals surface area contributed by atoms with E-state index in [0.717, 1.165) is 0 Å². The van der Waals surface area contributed by atoms with Crippen molar-refractivity contribution >= 4 is 5.90 Å². The first-order chi connectivity index (χ1) is 12.0. The van der Waals surface area contributed by atoms with E-state index in [9.17, 15) is 5.11 Å². The summed E-state index contributed by atoms with van der Waals surface area (Å²) in [7, 11) is 1.64. The molecule has 7 heteroatoms. The molecular formula is C18H27NO6. The number of aliphatic imine (C=N–C) groups is 1. The Kier molecular flexibility index (Phi) is 7.49. The number of ether oxygens (including phenoxy) is 5. The van der Waals surface area contributed by atoms with Crippen molar-refractivity contribution in [3.8, 4) is 11.5 Å². The van der Waals surface area contributed by atoms with Crippen LogP contribution in [0.4, 0.5) is 0 Å². The van der Waals surface area contributed by atoms with Gasteiger partial charge in [0, 0.05) is 13.2 Å². The lowest BCUT2D eigenvalue weighted by atomic mass is 10.1. The second kappa shape index (κ2) is 9.60. The predicted octanol–water partition coefficient (Wildman–Crippen LogP) is 2.01. The van der Waals surface area contributed by atoms with Crippen LogP contribution >= 0.6 is 0 Å². The van der Waals surface area contributed by atoms with E-state index in [4.69, 9.17) is 23.7 Å². The van der Waals surface area contributed by atoms with Gasteiger partial charge in [0.25, 0.3) is 0 Å². The highest BCUT2D eigenvalue weighted by molar-refractivity contribution is 5.98. The van der Waals surface area contributed by atoms with E-state index in [-0.39, 0.29) is 11.3 Å². The molecule has 1 aromatic carbocycles. The Morgan fingerprint density at radius 1 is 1.08 bits per heavy atom. The fraction of sp³-hybridized carbons (Fsp3) is 0.611. The van der Waals surface area contributed by atoms with Crippen molar-refractivity contribution in [3.05, 3.63) is 23.8 Å². The fourth-order valence-corrected chi connectivity index (χ4v) is 2.19. The topological polar surface area (TPSA) is 78.7 Å². The minimum atomic E-state index is -0.262. The average molecular weight is 353 g/mol.